The lowest BCUT2D eigenvalue weighted by atomic mass is 10.1. The van der Waals surface area contributed by atoms with Crippen LogP contribution in [0.4, 0.5) is 11.4 Å². The van der Waals surface area contributed by atoms with Crippen molar-refractivity contribution < 1.29 is 22.7 Å². The first-order valence-electron chi connectivity index (χ1n) is 9.82. The smallest absolute Gasteiger partial charge is 0.343 e. The van der Waals surface area contributed by atoms with E-state index in [9.17, 15) is 18.0 Å². The van der Waals surface area contributed by atoms with Gasteiger partial charge in [0.1, 0.15) is 11.4 Å². The maximum absolute atomic E-state index is 12.9. The molecular weight excluding hydrogens is 432 g/mol. The van der Waals surface area contributed by atoms with Gasteiger partial charge in [0.05, 0.1) is 22.9 Å². The number of carbonyl (C=O) groups excluding carboxylic acids is 2. The summed E-state index contributed by atoms with van der Waals surface area (Å²) in [6.45, 7) is 3.54. The summed E-state index contributed by atoms with van der Waals surface area (Å²) < 4.78 is 30.7. The van der Waals surface area contributed by atoms with E-state index >= 15 is 0 Å². The molecule has 2 aromatic carbocycles. The lowest BCUT2D eigenvalue weighted by molar-refractivity contribution is -0.137. The van der Waals surface area contributed by atoms with Gasteiger partial charge in [-0.25, -0.2) is 22.5 Å². The first-order chi connectivity index (χ1) is 15.1. The Labute approximate surface area is 186 Å². The summed E-state index contributed by atoms with van der Waals surface area (Å²) in [6.07, 6.45) is 0. The molecule has 0 saturated heterocycles. The molecule has 1 amide bonds. The SMILES string of the molecule is CCOC(=O)C1=C(C)Nc2ccccc2N=C1NC(=O)c1ccc(S(=O)(=O)N(C)C)cc1. The molecule has 0 aromatic heterocycles. The van der Waals surface area contributed by atoms with Gasteiger partial charge in [0, 0.05) is 25.4 Å². The molecule has 0 spiro atoms. The molecule has 9 nitrogen and oxygen atoms in total. The summed E-state index contributed by atoms with van der Waals surface area (Å²) in [5.74, 6) is -1.14. The van der Waals surface area contributed by atoms with Crippen LogP contribution in [0.2, 0.25) is 0 Å². The number of anilines is 1. The molecule has 1 aliphatic rings. The van der Waals surface area contributed by atoms with Gasteiger partial charge < -0.3 is 15.4 Å². The molecule has 0 unspecified atom stereocenters. The molecule has 0 atom stereocenters. The van der Waals surface area contributed by atoms with Crippen LogP contribution in [0.1, 0.15) is 24.2 Å². The number of amidine groups is 1. The van der Waals surface area contributed by atoms with Crippen LogP contribution in [0.25, 0.3) is 0 Å². The Kier molecular flexibility index (Phi) is 6.75. The lowest BCUT2D eigenvalue weighted by Gasteiger charge is -2.14. The third-order valence-corrected chi connectivity index (χ3v) is 6.51. The first-order valence-corrected chi connectivity index (χ1v) is 11.3. The second-order valence-electron chi connectivity index (χ2n) is 7.09. The standard InChI is InChI=1S/C22H24N4O5S/c1-5-31-22(28)19-14(2)23-17-8-6-7-9-18(17)24-20(19)25-21(27)15-10-12-16(13-11-15)32(29,30)26(3)4/h6-13,23H,5H2,1-4H3,(H,24,25,27). The minimum Gasteiger partial charge on any atom is -0.462 e. The van der Waals surface area contributed by atoms with E-state index in [0.717, 1.165) is 4.31 Å². The number of sulfonamides is 1. The van der Waals surface area contributed by atoms with Gasteiger partial charge >= 0.3 is 5.97 Å². The van der Waals surface area contributed by atoms with E-state index in [2.05, 4.69) is 15.6 Å². The molecule has 0 saturated carbocycles. The first kappa shape index (κ1) is 23.2. The highest BCUT2D eigenvalue weighted by atomic mass is 32.2. The molecule has 2 N–H and O–H groups in total. The Morgan fingerprint density at radius 1 is 1.09 bits per heavy atom. The summed E-state index contributed by atoms with van der Waals surface area (Å²) in [6, 6.07) is 12.7. The van der Waals surface area contributed by atoms with Crippen molar-refractivity contribution in [2.75, 3.05) is 26.0 Å². The van der Waals surface area contributed by atoms with Crippen molar-refractivity contribution in [2.24, 2.45) is 4.99 Å². The third kappa shape index (κ3) is 4.71. The van der Waals surface area contributed by atoms with Gasteiger partial charge in [-0.2, -0.15) is 0 Å². The fraction of sp³-hybridized carbons (Fsp3) is 0.227. The van der Waals surface area contributed by atoms with Crippen molar-refractivity contribution in [3.63, 3.8) is 0 Å². The second-order valence-corrected chi connectivity index (χ2v) is 9.24. The van der Waals surface area contributed by atoms with Crippen molar-refractivity contribution in [3.8, 4) is 0 Å². The third-order valence-electron chi connectivity index (χ3n) is 4.68. The minimum atomic E-state index is -3.62. The van der Waals surface area contributed by atoms with Gasteiger partial charge in [-0.05, 0) is 50.2 Å². The number of benzene rings is 2. The number of carbonyl (C=O) groups is 2. The number of nitrogens with zero attached hydrogens (tertiary/aromatic N) is 2. The van der Waals surface area contributed by atoms with E-state index in [1.807, 2.05) is 6.07 Å². The van der Waals surface area contributed by atoms with E-state index in [0.29, 0.717) is 17.1 Å². The lowest BCUT2D eigenvalue weighted by Crippen LogP contribution is -2.35. The predicted molar refractivity (Wildman–Crippen MR) is 121 cm³/mol. The van der Waals surface area contributed by atoms with Gasteiger partial charge in [0.2, 0.25) is 10.0 Å². The minimum absolute atomic E-state index is 0.0355. The zero-order valence-corrected chi connectivity index (χ0v) is 19.0. The Morgan fingerprint density at radius 2 is 1.75 bits per heavy atom. The fourth-order valence-electron chi connectivity index (χ4n) is 3.01. The van der Waals surface area contributed by atoms with Crippen LogP contribution in [0.5, 0.6) is 0 Å². The number of para-hydroxylation sites is 2. The van der Waals surface area contributed by atoms with E-state index < -0.39 is 21.9 Å². The van der Waals surface area contributed by atoms with Crippen LogP contribution >= 0.6 is 0 Å². The highest BCUT2D eigenvalue weighted by Crippen LogP contribution is 2.30. The maximum Gasteiger partial charge on any atom is 0.343 e. The largest absolute Gasteiger partial charge is 0.462 e. The van der Waals surface area contributed by atoms with Crippen LogP contribution in [-0.4, -0.2) is 51.1 Å². The molecular formula is C22H24N4O5S. The molecule has 1 heterocycles. The van der Waals surface area contributed by atoms with Gasteiger partial charge in [-0.1, -0.05) is 12.1 Å². The molecule has 0 bridgehead atoms. The Morgan fingerprint density at radius 3 is 2.38 bits per heavy atom. The highest BCUT2D eigenvalue weighted by molar-refractivity contribution is 7.89. The number of ether oxygens (including phenoxy) is 1. The van der Waals surface area contributed by atoms with Crippen molar-refractivity contribution >= 4 is 39.1 Å². The number of fused-ring (bicyclic) bond motifs is 1. The average molecular weight is 457 g/mol. The van der Waals surface area contributed by atoms with Gasteiger partial charge in [-0.3, -0.25) is 4.79 Å². The maximum atomic E-state index is 12.9. The molecule has 0 radical (unpaired) electrons. The van der Waals surface area contributed by atoms with Gasteiger partial charge in [0.15, 0.2) is 0 Å². The molecule has 0 fully saturated rings. The number of hydrogen-bond acceptors (Lipinski definition) is 7. The summed E-state index contributed by atoms with van der Waals surface area (Å²) in [5, 5.41) is 5.80. The summed E-state index contributed by atoms with van der Waals surface area (Å²) in [4.78, 5) is 30.1. The molecule has 32 heavy (non-hydrogen) atoms. The molecule has 2 aromatic rings. The Bertz CT molecular complexity index is 1220. The normalized spacial score (nSPS) is 13.6. The van der Waals surface area contributed by atoms with Crippen LogP contribution in [-0.2, 0) is 19.6 Å². The van der Waals surface area contributed by atoms with Gasteiger partial charge in [0.25, 0.3) is 5.91 Å². The second kappa shape index (κ2) is 9.33. The molecule has 3 rings (SSSR count). The van der Waals surface area contributed by atoms with Crippen LogP contribution in [0, 0.1) is 0 Å². The van der Waals surface area contributed by atoms with E-state index in [1.54, 1.807) is 32.0 Å². The molecule has 0 aliphatic carbocycles. The molecule has 168 valence electrons. The Balaban J connectivity index is 1.97. The van der Waals surface area contributed by atoms with Crippen molar-refractivity contribution in [1.82, 2.24) is 9.62 Å². The van der Waals surface area contributed by atoms with E-state index in [4.69, 9.17) is 4.74 Å². The number of rotatable bonds is 5. The van der Waals surface area contributed by atoms with E-state index in [1.165, 1.54) is 38.4 Å². The van der Waals surface area contributed by atoms with Crippen molar-refractivity contribution in [1.29, 1.82) is 0 Å². The number of hydrogen-bond donors (Lipinski definition) is 2. The number of nitrogens with one attached hydrogen (secondary N) is 2. The quantitative estimate of drug-likeness (QED) is 0.668. The van der Waals surface area contributed by atoms with Crippen LogP contribution in [0.3, 0.4) is 0 Å². The van der Waals surface area contributed by atoms with Crippen LogP contribution < -0.4 is 10.6 Å². The molecule has 1 aliphatic heterocycles. The molecule has 10 heteroatoms. The highest BCUT2D eigenvalue weighted by Gasteiger charge is 2.26. The zero-order valence-electron chi connectivity index (χ0n) is 18.2. The topological polar surface area (TPSA) is 117 Å². The summed E-state index contributed by atoms with van der Waals surface area (Å²) in [5.41, 5.74) is 1.99. The number of allylic oxidation sites excluding steroid dienone is 1. The number of esters is 1. The Hall–Kier alpha value is -3.50. The zero-order chi connectivity index (χ0) is 23.5. The van der Waals surface area contributed by atoms with Crippen molar-refractivity contribution in [2.45, 2.75) is 18.7 Å². The monoisotopic (exact) mass is 456 g/mol. The van der Waals surface area contributed by atoms with Crippen LogP contribution in [0.15, 0.2) is 69.7 Å². The predicted octanol–water partition coefficient (Wildman–Crippen LogP) is 2.66. The number of aliphatic imine (C=N–C) groups is 1. The van der Waals surface area contributed by atoms with Gasteiger partial charge in [-0.15, -0.1) is 0 Å². The number of amides is 1. The summed E-state index contributed by atoms with van der Waals surface area (Å²) in [7, 11) is -0.761. The fourth-order valence-corrected chi connectivity index (χ4v) is 3.91. The summed E-state index contributed by atoms with van der Waals surface area (Å²) >= 11 is 0. The van der Waals surface area contributed by atoms with Crippen molar-refractivity contribution in [3.05, 3.63) is 65.4 Å². The van der Waals surface area contributed by atoms with E-state index in [-0.39, 0.29) is 28.5 Å². The average Bonchev–Trinajstić information content (AvgIpc) is 2.88.